The van der Waals surface area contributed by atoms with E-state index in [0.29, 0.717) is 22.8 Å². The highest BCUT2D eigenvalue weighted by molar-refractivity contribution is 9.10. The Kier molecular flexibility index (Phi) is 5.60. The normalized spacial score (nSPS) is 18.0. The maximum absolute atomic E-state index is 12.3. The van der Waals surface area contributed by atoms with Gasteiger partial charge in [-0.25, -0.2) is 8.42 Å². The van der Waals surface area contributed by atoms with Crippen molar-refractivity contribution in [1.82, 2.24) is 5.32 Å². The monoisotopic (exact) mass is 457 g/mol. The summed E-state index contributed by atoms with van der Waals surface area (Å²) in [5.41, 5.74) is 1.43. The summed E-state index contributed by atoms with van der Waals surface area (Å²) < 4.78 is 30.7. The number of fused-ring (bicyclic) bond motifs is 1. The highest BCUT2D eigenvalue weighted by Crippen LogP contribution is 2.33. The third-order valence-electron chi connectivity index (χ3n) is 4.18. The number of rotatable bonds is 4. The Morgan fingerprint density at radius 1 is 1.35 bits per heavy atom. The first-order chi connectivity index (χ1) is 12.3. The number of carbonyl (C=O) groups excluding carboxylic acids is 1. The lowest BCUT2D eigenvalue weighted by Gasteiger charge is -2.26. The zero-order chi connectivity index (χ0) is 18.9. The van der Waals surface area contributed by atoms with E-state index >= 15 is 0 Å². The number of aryl methyl sites for hydroxylation is 1. The van der Waals surface area contributed by atoms with Crippen LogP contribution >= 0.6 is 27.5 Å². The van der Waals surface area contributed by atoms with Crippen LogP contribution in [-0.4, -0.2) is 26.7 Å². The molecular formula is C18H17BrClNO4S. The number of carbonyl (C=O) groups is 1. The van der Waals surface area contributed by atoms with E-state index in [2.05, 4.69) is 21.2 Å². The Bertz CT molecular complexity index is 938. The topological polar surface area (TPSA) is 72.5 Å². The standard InChI is InChI=1S/C18H17BrClNO4S/c1-11-8-12(19)9-14(20)18(11)25-10-17(22)21-15-6-7-26(23,24)16-5-3-2-4-13(15)16/h2-5,8-9,15H,6-7,10H2,1H3,(H,21,22). The molecule has 0 saturated heterocycles. The molecule has 0 radical (unpaired) electrons. The van der Waals surface area contributed by atoms with Gasteiger partial charge in [-0.1, -0.05) is 45.7 Å². The first-order valence-corrected chi connectivity index (χ1v) is 10.8. The fraction of sp³-hybridized carbons (Fsp3) is 0.278. The van der Waals surface area contributed by atoms with E-state index in [1.54, 1.807) is 30.3 Å². The lowest BCUT2D eigenvalue weighted by Crippen LogP contribution is -2.36. The number of amides is 1. The average Bonchev–Trinajstić information content (AvgIpc) is 2.57. The van der Waals surface area contributed by atoms with Crippen molar-refractivity contribution in [3.05, 3.63) is 57.0 Å². The molecule has 138 valence electrons. The van der Waals surface area contributed by atoms with Crippen LogP contribution in [0.2, 0.25) is 5.02 Å². The van der Waals surface area contributed by atoms with Gasteiger partial charge in [0.05, 0.1) is 21.7 Å². The minimum atomic E-state index is -3.29. The van der Waals surface area contributed by atoms with Gasteiger partial charge in [0.2, 0.25) is 0 Å². The third-order valence-corrected chi connectivity index (χ3v) is 6.74. The quantitative estimate of drug-likeness (QED) is 0.756. The van der Waals surface area contributed by atoms with E-state index in [1.165, 1.54) is 0 Å². The van der Waals surface area contributed by atoms with E-state index in [4.69, 9.17) is 16.3 Å². The Balaban J connectivity index is 1.70. The minimum absolute atomic E-state index is 0.00741. The van der Waals surface area contributed by atoms with Gasteiger partial charge >= 0.3 is 0 Å². The van der Waals surface area contributed by atoms with Crippen LogP contribution in [0.4, 0.5) is 0 Å². The van der Waals surface area contributed by atoms with Crippen LogP contribution in [0.25, 0.3) is 0 Å². The van der Waals surface area contributed by atoms with Crippen LogP contribution in [0, 0.1) is 6.92 Å². The summed E-state index contributed by atoms with van der Waals surface area (Å²) in [5.74, 6) is 0.132. The lowest BCUT2D eigenvalue weighted by molar-refractivity contribution is -0.123. The Labute approximate surface area is 165 Å². The SMILES string of the molecule is Cc1cc(Br)cc(Cl)c1OCC(=O)NC1CCS(=O)(=O)c2ccccc21. The van der Waals surface area contributed by atoms with E-state index in [1.807, 2.05) is 13.0 Å². The van der Waals surface area contributed by atoms with Crippen molar-refractivity contribution in [2.24, 2.45) is 0 Å². The van der Waals surface area contributed by atoms with Crippen LogP contribution < -0.4 is 10.1 Å². The molecule has 1 heterocycles. The molecule has 1 N–H and O–H groups in total. The van der Waals surface area contributed by atoms with Crippen LogP contribution in [0.1, 0.15) is 23.6 Å². The summed E-state index contributed by atoms with van der Waals surface area (Å²) in [6.07, 6.45) is 0.336. The van der Waals surface area contributed by atoms with Crippen LogP contribution in [0.15, 0.2) is 45.8 Å². The van der Waals surface area contributed by atoms with Crippen LogP contribution in [-0.2, 0) is 14.6 Å². The molecule has 1 aliphatic heterocycles. The molecule has 0 bridgehead atoms. The highest BCUT2D eigenvalue weighted by atomic mass is 79.9. The van der Waals surface area contributed by atoms with E-state index < -0.39 is 9.84 Å². The largest absolute Gasteiger partial charge is 0.482 e. The van der Waals surface area contributed by atoms with Gasteiger partial charge in [0.15, 0.2) is 16.4 Å². The number of ether oxygens (including phenoxy) is 1. The Hall–Kier alpha value is -1.57. The molecule has 0 fully saturated rings. The maximum Gasteiger partial charge on any atom is 0.258 e. The van der Waals surface area contributed by atoms with Gasteiger partial charge in [-0.15, -0.1) is 0 Å². The van der Waals surface area contributed by atoms with Crippen molar-refractivity contribution < 1.29 is 17.9 Å². The fourth-order valence-electron chi connectivity index (χ4n) is 2.99. The maximum atomic E-state index is 12.3. The van der Waals surface area contributed by atoms with Crippen molar-refractivity contribution in [1.29, 1.82) is 0 Å². The van der Waals surface area contributed by atoms with Crippen molar-refractivity contribution in [2.45, 2.75) is 24.3 Å². The summed E-state index contributed by atoms with van der Waals surface area (Å²) in [5, 5.41) is 3.27. The van der Waals surface area contributed by atoms with Gasteiger partial charge in [-0.05, 0) is 42.7 Å². The fourth-order valence-corrected chi connectivity index (χ4v) is 5.63. The zero-order valence-electron chi connectivity index (χ0n) is 14.0. The lowest BCUT2D eigenvalue weighted by atomic mass is 10.0. The van der Waals surface area contributed by atoms with Gasteiger partial charge < -0.3 is 10.1 Å². The molecule has 0 spiro atoms. The van der Waals surface area contributed by atoms with Crippen molar-refractivity contribution >= 4 is 43.3 Å². The van der Waals surface area contributed by atoms with Crippen LogP contribution in [0.5, 0.6) is 5.75 Å². The molecule has 8 heteroatoms. The van der Waals surface area contributed by atoms with Gasteiger partial charge in [-0.3, -0.25) is 4.79 Å². The Morgan fingerprint density at radius 2 is 2.08 bits per heavy atom. The molecule has 1 aliphatic rings. The van der Waals surface area contributed by atoms with Gasteiger partial charge in [0.25, 0.3) is 5.91 Å². The predicted octanol–water partition coefficient (Wildman–Crippen LogP) is 3.82. The molecule has 1 unspecified atom stereocenters. The van der Waals surface area contributed by atoms with Crippen LogP contribution in [0.3, 0.4) is 0 Å². The second kappa shape index (κ2) is 7.58. The second-order valence-corrected chi connectivity index (χ2v) is 9.49. The number of benzene rings is 2. The third kappa shape index (κ3) is 4.05. The van der Waals surface area contributed by atoms with Crippen molar-refractivity contribution in [3.8, 4) is 5.75 Å². The summed E-state index contributed by atoms with van der Waals surface area (Å²) in [7, 11) is -3.29. The molecule has 0 aliphatic carbocycles. The smallest absolute Gasteiger partial charge is 0.258 e. The molecule has 0 saturated carbocycles. The molecule has 0 aromatic heterocycles. The minimum Gasteiger partial charge on any atom is -0.482 e. The number of hydrogen-bond acceptors (Lipinski definition) is 4. The summed E-state index contributed by atoms with van der Waals surface area (Å²) >= 11 is 9.50. The summed E-state index contributed by atoms with van der Waals surface area (Å²) in [4.78, 5) is 12.6. The van der Waals surface area contributed by atoms with Crippen molar-refractivity contribution in [3.63, 3.8) is 0 Å². The molecule has 3 rings (SSSR count). The van der Waals surface area contributed by atoms with E-state index in [9.17, 15) is 13.2 Å². The second-order valence-electron chi connectivity index (χ2n) is 6.09. The first kappa shape index (κ1) is 19.2. The van der Waals surface area contributed by atoms with E-state index in [0.717, 1.165) is 10.0 Å². The highest BCUT2D eigenvalue weighted by Gasteiger charge is 2.30. The average molecular weight is 459 g/mol. The molecule has 26 heavy (non-hydrogen) atoms. The van der Waals surface area contributed by atoms with Gasteiger partial charge in [0, 0.05) is 4.47 Å². The number of hydrogen-bond donors (Lipinski definition) is 1. The molecular weight excluding hydrogens is 442 g/mol. The molecule has 2 aromatic rings. The number of nitrogens with one attached hydrogen (secondary N) is 1. The predicted molar refractivity (Wildman–Crippen MR) is 103 cm³/mol. The molecule has 1 atom stereocenters. The summed E-state index contributed by atoms with van der Waals surface area (Å²) in [6.45, 7) is 1.64. The van der Waals surface area contributed by atoms with Gasteiger partial charge in [0.1, 0.15) is 5.75 Å². The van der Waals surface area contributed by atoms with E-state index in [-0.39, 0.29) is 29.2 Å². The zero-order valence-corrected chi connectivity index (χ0v) is 17.1. The molecule has 1 amide bonds. The van der Waals surface area contributed by atoms with Gasteiger partial charge in [-0.2, -0.15) is 0 Å². The Morgan fingerprint density at radius 3 is 2.81 bits per heavy atom. The number of sulfone groups is 1. The molecule has 2 aromatic carbocycles. The number of halogens is 2. The molecule has 5 nitrogen and oxygen atoms in total. The first-order valence-electron chi connectivity index (χ1n) is 7.97. The van der Waals surface area contributed by atoms with Crippen molar-refractivity contribution in [2.75, 3.05) is 12.4 Å². The summed E-state index contributed by atoms with van der Waals surface area (Å²) in [6, 6.07) is 9.94.